The fourth-order valence-corrected chi connectivity index (χ4v) is 2.23. The minimum Gasteiger partial charge on any atom is -0.378 e. The molecule has 0 saturated carbocycles. The van der Waals surface area contributed by atoms with Crippen molar-refractivity contribution in [2.75, 3.05) is 37.7 Å². The normalized spacial score (nSPS) is 16.0. The van der Waals surface area contributed by atoms with E-state index >= 15 is 0 Å². The van der Waals surface area contributed by atoms with Crippen molar-refractivity contribution in [2.45, 2.75) is 26.3 Å². The van der Waals surface area contributed by atoms with Crippen LogP contribution in [0, 0.1) is 0 Å². The maximum Gasteiger partial charge on any atom is 0.188 e. The summed E-state index contributed by atoms with van der Waals surface area (Å²) in [5, 5.41) is 3.13. The van der Waals surface area contributed by atoms with E-state index in [1.165, 1.54) is 0 Å². The van der Waals surface area contributed by atoms with Crippen LogP contribution in [0.1, 0.15) is 25.3 Å². The first kappa shape index (κ1) is 15.6. The lowest BCUT2D eigenvalue weighted by atomic mass is 10.2. The maximum atomic E-state index is 5.88. The number of morpholine rings is 1. The molecule has 3 N–H and O–H groups in total. The van der Waals surface area contributed by atoms with Crippen LogP contribution in [-0.2, 0) is 11.3 Å². The molecular formula is C15H25N5O. The molecule has 1 aliphatic heterocycles. The maximum absolute atomic E-state index is 5.88. The number of nitrogens with zero attached hydrogens (tertiary/aromatic N) is 3. The van der Waals surface area contributed by atoms with Gasteiger partial charge in [-0.1, -0.05) is 19.4 Å². The second kappa shape index (κ2) is 8.46. The van der Waals surface area contributed by atoms with Crippen molar-refractivity contribution < 1.29 is 4.74 Å². The topological polar surface area (TPSA) is 75.8 Å². The Kier molecular flexibility index (Phi) is 6.27. The Hall–Kier alpha value is -1.82. The van der Waals surface area contributed by atoms with Crippen LogP contribution < -0.4 is 16.0 Å². The molecule has 0 aliphatic carbocycles. The first-order valence-electron chi connectivity index (χ1n) is 7.61. The summed E-state index contributed by atoms with van der Waals surface area (Å²) in [5.74, 6) is 1.49. The minimum atomic E-state index is 0.500. The molecule has 2 rings (SSSR count). The first-order valence-corrected chi connectivity index (χ1v) is 7.61. The molecule has 0 unspecified atom stereocenters. The number of unbranched alkanes of at least 4 members (excludes halogenated alkanes) is 1. The second-order valence-electron chi connectivity index (χ2n) is 5.07. The van der Waals surface area contributed by atoms with Crippen LogP contribution in [0.5, 0.6) is 0 Å². The standard InChI is InChI=1S/C15H25N5O/c1-2-3-6-18-15(16)19-12-13-5-4-7-17-14(13)20-8-10-21-11-9-20/h4-5,7H,2-3,6,8-12H2,1H3,(H3,16,18,19). The van der Waals surface area contributed by atoms with Gasteiger partial charge in [-0.2, -0.15) is 0 Å². The number of nitrogens with one attached hydrogen (secondary N) is 1. The number of hydrogen-bond acceptors (Lipinski definition) is 4. The zero-order valence-electron chi connectivity index (χ0n) is 12.7. The molecule has 6 nitrogen and oxygen atoms in total. The molecular weight excluding hydrogens is 266 g/mol. The van der Waals surface area contributed by atoms with E-state index in [0.717, 1.165) is 57.1 Å². The Labute approximate surface area is 126 Å². The Morgan fingerprint density at radius 3 is 3.05 bits per heavy atom. The van der Waals surface area contributed by atoms with E-state index in [0.29, 0.717) is 12.5 Å². The summed E-state index contributed by atoms with van der Waals surface area (Å²) in [6.07, 6.45) is 4.06. The van der Waals surface area contributed by atoms with Crippen LogP contribution in [0.25, 0.3) is 0 Å². The molecule has 116 valence electrons. The van der Waals surface area contributed by atoms with Gasteiger partial charge in [0.1, 0.15) is 5.82 Å². The molecule has 1 fully saturated rings. The smallest absolute Gasteiger partial charge is 0.188 e. The third-order valence-corrected chi connectivity index (χ3v) is 3.43. The van der Waals surface area contributed by atoms with Gasteiger partial charge in [0.25, 0.3) is 0 Å². The van der Waals surface area contributed by atoms with Crippen LogP contribution in [0.4, 0.5) is 5.82 Å². The highest BCUT2D eigenvalue weighted by molar-refractivity contribution is 5.77. The molecule has 0 atom stereocenters. The zero-order chi connectivity index (χ0) is 14.9. The summed E-state index contributed by atoms with van der Waals surface area (Å²) >= 11 is 0. The molecule has 1 aromatic rings. The van der Waals surface area contributed by atoms with Crippen LogP contribution >= 0.6 is 0 Å². The van der Waals surface area contributed by atoms with Crippen molar-refractivity contribution >= 4 is 11.8 Å². The quantitative estimate of drug-likeness (QED) is 0.467. The molecule has 0 radical (unpaired) electrons. The van der Waals surface area contributed by atoms with E-state index in [1.54, 1.807) is 0 Å². The lowest BCUT2D eigenvalue weighted by molar-refractivity contribution is 0.122. The minimum absolute atomic E-state index is 0.500. The molecule has 0 amide bonds. The SMILES string of the molecule is CCCCNC(N)=NCc1cccnc1N1CCOCC1. The van der Waals surface area contributed by atoms with Gasteiger partial charge in [-0.05, 0) is 12.5 Å². The summed E-state index contributed by atoms with van der Waals surface area (Å²) in [7, 11) is 0. The Bertz CT molecular complexity index is 457. The summed E-state index contributed by atoms with van der Waals surface area (Å²) in [6.45, 7) is 6.82. The van der Waals surface area contributed by atoms with Crippen molar-refractivity contribution in [2.24, 2.45) is 10.7 Å². The molecule has 1 aromatic heterocycles. The number of guanidine groups is 1. The van der Waals surface area contributed by atoms with Crippen molar-refractivity contribution in [1.82, 2.24) is 10.3 Å². The first-order chi connectivity index (χ1) is 10.3. The molecule has 0 aromatic carbocycles. The van der Waals surface area contributed by atoms with E-state index in [-0.39, 0.29) is 0 Å². The Morgan fingerprint density at radius 2 is 2.29 bits per heavy atom. The third kappa shape index (κ3) is 4.90. The van der Waals surface area contributed by atoms with Crippen LogP contribution in [0.15, 0.2) is 23.3 Å². The van der Waals surface area contributed by atoms with E-state index < -0.39 is 0 Å². The number of ether oxygens (including phenoxy) is 1. The van der Waals surface area contributed by atoms with E-state index in [1.807, 2.05) is 12.3 Å². The second-order valence-corrected chi connectivity index (χ2v) is 5.07. The monoisotopic (exact) mass is 291 g/mol. The average Bonchev–Trinajstić information content (AvgIpc) is 2.54. The van der Waals surface area contributed by atoms with Gasteiger partial charge in [0.2, 0.25) is 0 Å². The lowest BCUT2D eigenvalue weighted by Gasteiger charge is -2.29. The highest BCUT2D eigenvalue weighted by Gasteiger charge is 2.15. The fourth-order valence-electron chi connectivity index (χ4n) is 2.23. The predicted molar refractivity (Wildman–Crippen MR) is 85.5 cm³/mol. The van der Waals surface area contributed by atoms with Crippen molar-refractivity contribution in [3.8, 4) is 0 Å². The van der Waals surface area contributed by atoms with Gasteiger partial charge in [-0.25, -0.2) is 9.98 Å². The van der Waals surface area contributed by atoms with Crippen LogP contribution in [0.3, 0.4) is 0 Å². The van der Waals surface area contributed by atoms with Gasteiger partial charge in [0, 0.05) is 31.4 Å². The summed E-state index contributed by atoms with van der Waals surface area (Å²) in [6, 6.07) is 4.00. The van der Waals surface area contributed by atoms with Gasteiger partial charge in [0.15, 0.2) is 5.96 Å². The van der Waals surface area contributed by atoms with Crippen LogP contribution in [0.2, 0.25) is 0 Å². The molecule has 21 heavy (non-hydrogen) atoms. The summed E-state index contributed by atoms with van der Waals surface area (Å²) in [4.78, 5) is 11.1. The highest BCUT2D eigenvalue weighted by Crippen LogP contribution is 2.19. The van der Waals surface area contributed by atoms with Gasteiger partial charge >= 0.3 is 0 Å². The highest BCUT2D eigenvalue weighted by atomic mass is 16.5. The van der Waals surface area contributed by atoms with Gasteiger partial charge in [-0.15, -0.1) is 0 Å². The molecule has 0 spiro atoms. The summed E-state index contributed by atoms with van der Waals surface area (Å²) < 4.78 is 5.39. The molecule has 1 aliphatic rings. The number of rotatable bonds is 6. The number of anilines is 1. The van der Waals surface area contributed by atoms with Gasteiger partial charge < -0.3 is 20.7 Å². The number of pyridine rings is 1. The van der Waals surface area contributed by atoms with E-state index in [4.69, 9.17) is 10.5 Å². The average molecular weight is 291 g/mol. The molecule has 2 heterocycles. The third-order valence-electron chi connectivity index (χ3n) is 3.43. The number of aromatic nitrogens is 1. The van der Waals surface area contributed by atoms with Crippen molar-refractivity contribution in [3.05, 3.63) is 23.9 Å². The van der Waals surface area contributed by atoms with Gasteiger partial charge in [0.05, 0.1) is 19.8 Å². The number of hydrogen-bond donors (Lipinski definition) is 2. The number of aliphatic imine (C=N–C) groups is 1. The number of nitrogens with two attached hydrogens (primary N) is 1. The molecule has 6 heteroatoms. The van der Waals surface area contributed by atoms with Gasteiger partial charge in [-0.3, -0.25) is 0 Å². The largest absolute Gasteiger partial charge is 0.378 e. The van der Waals surface area contributed by atoms with Crippen molar-refractivity contribution in [3.63, 3.8) is 0 Å². The van der Waals surface area contributed by atoms with Crippen LogP contribution in [-0.4, -0.2) is 43.8 Å². The Balaban J connectivity index is 1.97. The predicted octanol–water partition coefficient (Wildman–Crippen LogP) is 1.12. The molecule has 0 bridgehead atoms. The Morgan fingerprint density at radius 1 is 1.48 bits per heavy atom. The van der Waals surface area contributed by atoms with E-state index in [9.17, 15) is 0 Å². The van der Waals surface area contributed by atoms with E-state index in [2.05, 4.69) is 33.2 Å². The van der Waals surface area contributed by atoms with Crippen molar-refractivity contribution in [1.29, 1.82) is 0 Å². The lowest BCUT2D eigenvalue weighted by Crippen LogP contribution is -2.37. The summed E-state index contributed by atoms with van der Waals surface area (Å²) in [5.41, 5.74) is 6.97. The zero-order valence-corrected chi connectivity index (χ0v) is 12.7. The molecule has 1 saturated heterocycles. The fraction of sp³-hybridized carbons (Fsp3) is 0.600.